The maximum atomic E-state index is 5.20. The van der Waals surface area contributed by atoms with Gasteiger partial charge in [0.1, 0.15) is 0 Å². The second kappa shape index (κ2) is 5.52. The van der Waals surface area contributed by atoms with Gasteiger partial charge in [0.15, 0.2) is 0 Å². The van der Waals surface area contributed by atoms with E-state index in [9.17, 15) is 0 Å². The summed E-state index contributed by atoms with van der Waals surface area (Å²) in [6, 6.07) is 0. The highest BCUT2D eigenvalue weighted by molar-refractivity contribution is 4.62. The smallest absolute Gasteiger partial charge is 0.226 e. The van der Waals surface area contributed by atoms with Crippen LogP contribution in [0.3, 0.4) is 0 Å². The first-order chi connectivity index (χ1) is 5.24. The fraction of sp³-hybridized carbons (Fsp3) is 1.00. The second-order valence-corrected chi connectivity index (χ2v) is 2.44. The van der Waals surface area contributed by atoms with E-state index >= 15 is 0 Å². The molecule has 0 spiro atoms. The first-order valence-electron chi connectivity index (χ1n) is 4.10. The minimum atomic E-state index is -0.573. The predicted molar refractivity (Wildman–Crippen MR) is 45.3 cm³/mol. The molecule has 0 aromatic carbocycles. The molecule has 0 rings (SSSR count). The molecular formula is C8H19NO2. The lowest BCUT2D eigenvalue weighted by atomic mass is 10.3. The molecule has 3 nitrogen and oxygen atoms in total. The topological polar surface area (TPSA) is 30.5 Å². The zero-order valence-corrected chi connectivity index (χ0v) is 7.94. The van der Waals surface area contributed by atoms with Gasteiger partial charge in [0.2, 0.25) is 5.91 Å². The summed E-state index contributed by atoms with van der Waals surface area (Å²) >= 11 is 0. The first-order valence-corrected chi connectivity index (χ1v) is 4.10. The molecule has 0 aromatic heterocycles. The zero-order valence-electron chi connectivity index (χ0n) is 7.94. The van der Waals surface area contributed by atoms with E-state index in [1.54, 1.807) is 14.2 Å². The van der Waals surface area contributed by atoms with Crippen LogP contribution in [0.25, 0.3) is 0 Å². The van der Waals surface area contributed by atoms with E-state index in [-0.39, 0.29) is 0 Å². The Labute approximate surface area is 69.1 Å². The second-order valence-electron chi connectivity index (χ2n) is 2.44. The number of rotatable bonds is 6. The van der Waals surface area contributed by atoms with Crippen LogP contribution in [0.15, 0.2) is 0 Å². The molecule has 0 aliphatic carbocycles. The highest BCUT2D eigenvalue weighted by atomic mass is 16.7. The Morgan fingerprint density at radius 2 is 1.73 bits per heavy atom. The molecule has 0 aliphatic heterocycles. The van der Waals surface area contributed by atoms with E-state index in [0.29, 0.717) is 0 Å². The summed E-state index contributed by atoms with van der Waals surface area (Å²) < 4.78 is 10.4. The van der Waals surface area contributed by atoms with Gasteiger partial charge >= 0.3 is 0 Å². The van der Waals surface area contributed by atoms with Crippen LogP contribution in [-0.2, 0) is 9.47 Å². The lowest BCUT2D eigenvalue weighted by Gasteiger charge is -2.30. The highest BCUT2D eigenvalue weighted by Gasteiger charge is 2.25. The van der Waals surface area contributed by atoms with Crippen molar-refractivity contribution >= 4 is 0 Å². The molecule has 68 valence electrons. The third kappa shape index (κ3) is 3.18. The SMILES string of the molecule is CCCNC(CC)(OC)OC. The van der Waals surface area contributed by atoms with E-state index in [1.807, 2.05) is 6.92 Å². The fourth-order valence-corrected chi connectivity index (χ4v) is 0.957. The standard InChI is InChI=1S/C8H19NO2/c1-5-7-9-8(6-2,10-3)11-4/h9H,5-7H2,1-4H3. The third-order valence-corrected chi connectivity index (χ3v) is 1.77. The van der Waals surface area contributed by atoms with Gasteiger partial charge in [0.25, 0.3) is 0 Å². The molecule has 0 aliphatic rings. The summed E-state index contributed by atoms with van der Waals surface area (Å²) in [6.45, 7) is 5.05. The van der Waals surface area contributed by atoms with Crippen LogP contribution in [0.1, 0.15) is 26.7 Å². The molecule has 0 fully saturated rings. The molecule has 11 heavy (non-hydrogen) atoms. The van der Waals surface area contributed by atoms with E-state index in [0.717, 1.165) is 19.4 Å². The van der Waals surface area contributed by atoms with Crippen molar-refractivity contribution in [2.75, 3.05) is 20.8 Å². The van der Waals surface area contributed by atoms with E-state index < -0.39 is 5.91 Å². The van der Waals surface area contributed by atoms with Crippen molar-refractivity contribution in [3.63, 3.8) is 0 Å². The van der Waals surface area contributed by atoms with Gasteiger partial charge in [-0.25, -0.2) is 0 Å². The molecule has 3 heteroatoms. The van der Waals surface area contributed by atoms with Crippen LogP contribution in [0.5, 0.6) is 0 Å². The molecule has 0 atom stereocenters. The van der Waals surface area contributed by atoms with Crippen molar-refractivity contribution in [2.45, 2.75) is 32.6 Å². The van der Waals surface area contributed by atoms with Crippen LogP contribution in [0, 0.1) is 0 Å². The summed E-state index contributed by atoms with van der Waals surface area (Å²) in [5.74, 6) is -0.573. The number of methoxy groups -OCH3 is 2. The van der Waals surface area contributed by atoms with Gasteiger partial charge in [0, 0.05) is 20.6 Å². The predicted octanol–water partition coefficient (Wildman–Crippen LogP) is 1.34. The molecule has 0 radical (unpaired) electrons. The summed E-state index contributed by atoms with van der Waals surface area (Å²) in [6.07, 6.45) is 1.88. The summed E-state index contributed by atoms with van der Waals surface area (Å²) in [5, 5.41) is 3.19. The van der Waals surface area contributed by atoms with Crippen LogP contribution < -0.4 is 5.32 Å². The van der Waals surface area contributed by atoms with Crippen molar-refractivity contribution < 1.29 is 9.47 Å². The number of ether oxygens (including phenoxy) is 2. The Balaban J connectivity index is 3.84. The maximum Gasteiger partial charge on any atom is 0.226 e. The van der Waals surface area contributed by atoms with Gasteiger partial charge < -0.3 is 9.47 Å². The van der Waals surface area contributed by atoms with Gasteiger partial charge in [0.05, 0.1) is 0 Å². The molecule has 0 saturated heterocycles. The van der Waals surface area contributed by atoms with Crippen molar-refractivity contribution in [2.24, 2.45) is 0 Å². The monoisotopic (exact) mass is 161 g/mol. The lowest BCUT2D eigenvalue weighted by molar-refractivity contribution is -0.229. The fourth-order valence-electron chi connectivity index (χ4n) is 0.957. The summed E-state index contributed by atoms with van der Waals surface area (Å²) in [5.41, 5.74) is 0. The first kappa shape index (κ1) is 10.9. The number of nitrogens with one attached hydrogen (secondary N) is 1. The van der Waals surface area contributed by atoms with Gasteiger partial charge in [-0.3, -0.25) is 5.32 Å². The molecule has 0 aromatic rings. The quantitative estimate of drug-likeness (QED) is 0.596. The van der Waals surface area contributed by atoms with Crippen LogP contribution in [-0.4, -0.2) is 26.7 Å². The Morgan fingerprint density at radius 3 is 2.00 bits per heavy atom. The van der Waals surface area contributed by atoms with E-state index in [1.165, 1.54) is 0 Å². The van der Waals surface area contributed by atoms with Crippen molar-refractivity contribution in [1.82, 2.24) is 5.32 Å². The third-order valence-electron chi connectivity index (χ3n) is 1.77. The molecule has 0 bridgehead atoms. The number of hydrogen-bond donors (Lipinski definition) is 1. The van der Waals surface area contributed by atoms with Crippen LogP contribution in [0.4, 0.5) is 0 Å². The lowest BCUT2D eigenvalue weighted by Crippen LogP contribution is -2.48. The van der Waals surface area contributed by atoms with Gasteiger partial charge in [-0.2, -0.15) is 0 Å². The molecule has 0 amide bonds. The summed E-state index contributed by atoms with van der Waals surface area (Å²) in [4.78, 5) is 0. The average molecular weight is 161 g/mol. The van der Waals surface area contributed by atoms with Crippen molar-refractivity contribution in [3.05, 3.63) is 0 Å². The van der Waals surface area contributed by atoms with Crippen molar-refractivity contribution in [1.29, 1.82) is 0 Å². The molecule has 1 N–H and O–H groups in total. The minimum Gasteiger partial charge on any atom is -0.341 e. The van der Waals surface area contributed by atoms with E-state index in [2.05, 4.69) is 12.2 Å². The highest BCUT2D eigenvalue weighted by Crippen LogP contribution is 2.10. The Morgan fingerprint density at radius 1 is 1.18 bits per heavy atom. The molecule has 0 unspecified atom stereocenters. The van der Waals surface area contributed by atoms with Gasteiger partial charge in [-0.1, -0.05) is 13.8 Å². The van der Waals surface area contributed by atoms with E-state index in [4.69, 9.17) is 9.47 Å². The van der Waals surface area contributed by atoms with Gasteiger partial charge in [-0.15, -0.1) is 0 Å². The molecule has 0 saturated carbocycles. The average Bonchev–Trinajstić information content (AvgIpc) is 2.08. The maximum absolute atomic E-state index is 5.20. The largest absolute Gasteiger partial charge is 0.341 e. The Kier molecular flexibility index (Phi) is 5.46. The Hall–Kier alpha value is -0.120. The molecular weight excluding hydrogens is 142 g/mol. The van der Waals surface area contributed by atoms with Crippen LogP contribution in [0.2, 0.25) is 0 Å². The van der Waals surface area contributed by atoms with Crippen molar-refractivity contribution in [3.8, 4) is 0 Å². The van der Waals surface area contributed by atoms with Crippen LogP contribution >= 0.6 is 0 Å². The zero-order chi connectivity index (χ0) is 8.74. The van der Waals surface area contributed by atoms with Gasteiger partial charge in [-0.05, 0) is 13.0 Å². The molecule has 0 heterocycles. The Bertz CT molecular complexity index is 83.8. The number of hydrogen-bond acceptors (Lipinski definition) is 3. The minimum absolute atomic E-state index is 0.573. The normalized spacial score (nSPS) is 12.0. The summed E-state index contributed by atoms with van der Waals surface area (Å²) in [7, 11) is 3.30.